The van der Waals surface area contributed by atoms with Crippen LogP contribution in [0.2, 0.25) is 0 Å². The Morgan fingerprint density at radius 2 is 2.00 bits per heavy atom. The summed E-state index contributed by atoms with van der Waals surface area (Å²) in [5, 5.41) is 2.69. The van der Waals surface area contributed by atoms with Crippen LogP contribution >= 0.6 is 0 Å². The standard InChI is InChI=1S/C21H23FN2O3/c1-2-3-12-27-18-7-4-15(5-8-18)21(26)23-16-6-9-20(19(22)13-16)24-11-10-17(25)14-24/h4-9,13H,2-3,10-12,14H2,1H3,(H,23,26). The number of rotatable bonds is 7. The van der Waals surface area contributed by atoms with Gasteiger partial charge < -0.3 is 15.0 Å². The summed E-state index contributed by atoms with van der Waals surface area (Å²) in [6.07, 6.45) is 2.48. The first-order chi connectivity index (χ1) is 13.1. The van der Waals surface area contributed by atoms with E-state index in [-0.39, 0.29) is 18.2 Å². The smallest absolute Gasteiger partial charge is 0.255 e. The summed E-state index contributed by atoms with van der Waals surface area (Å²) in [4.78, 5) is 25.4. The summed E-state index contributed by atoms with van der Waals surface area (Å²) in [5.41, 5.74) is 1.22. The Morgan fingerprint density at radius 3 is 2.63 bits per heavy atom. The quantitative estimate of drug-likeness (QED) is 0.748. The van der Waals surface area contributed by atoms with Gasteiger partial charge in [0.1, 0.15) is 11.6 Å². The zero-order valence-corrected chi connectivity index (χ0v) is 15.3. The number of benzene rings is 2. The third-order valence-corrected chi connectivity index (χ3v) is 4.46. The molecule has 0 bridgehead atoms. The van der Waals surface area contributed by atoms with Crippen molar-refractivity contribution >= 4 is 23.1 Å². The molecule has 6 heteroatoms. The molecular weight excluding hydrogens is 347 g/mol. The van der Waals surface area contributed by atoms with E-state index >= 15 is 0 Å². The highest BCUT2D eigenvalue weighted by Crippen LogP contribution is 2.25. The van der Waals surface area contributed by atoms with Crippen LogP contribution in [-0.2, 0) is 4.79 Å². The minimum atomic E-state index is -0.456. The fourth-order valence-corrected chi connectivity index (χ4v) is 2.92. The molecule has 142 valence electrons. The molecule has 27 heavy (non-hydrogen) atoms. The van der Waals surface area contributed by atoms with Gasteiger partial charge in [0.05, 0.1) is 18.8 Å². The maximum atomic E-state index is 14.4. The lowest BCUT2D eigenvalue weighted by Gasteiger charge is -2.18. The lowest BCUT2D eigenvalue weighted by molar-refractivity contribution is -0.116. The molecule has 2 aromatic carbocycles. The molecule has 0 saturated carbocycles. The van der Waals surface area contributed by atoms with Gasteiger partial charge >= 0.3 is 0 Å². The number of amides is 1. The van der Waals surface area contributed by atoms with E-state index in [0.717, 1.165) is 18.6 Å². The van der Waals surface area contributed by atoms with Crippen LogP contribution < -0.4 is 15.0 Å². The van der Waals surface area contributed by atoms with E-state index < -0.39 is 5.82 Å². The van der Waals surface area contributed by atoms with Gasteiger partial charge in [-0.3, -0.25) is 9.59 Å². The lowest BCUT2D eigenvalue weighted by atomic mass is 10.2. The van der Waals surface area contributed by atoms with Crippen molar-refractivity contribution in [2.75, 3.05) is 29.9 Å². The predicted octanol–water partition coefficient (Wildman–Crippen LogP) is 4.04. The molecule has 3 rings (SSSR count). The second-order valence-electron chi connectivity index (χ2n) is 6.56. The first-order valence-electron chi connectivity index (χ1n) is 9.17. The van der Waals surface area contributed by atoms with Crippen molar-refractivity contribution in [2.24, 2.45) is 0 Å². The highest BCUT2D eigenvalue weighted by atomic mass is 19.1. The number of unbranched alkanes of at least 4 members (excludes halogenated alkanes) is 1. The van der Waals surface area contributed by atoms with Crippen LogP contribution in [0.1, 0.15) is 36.5 Å². The second kappa shape index (κ2) is 8.66. The fourth-order valence-electron chi connectivity index (χ4n) is 2.92. The van der Waals surface area contributed by atoms with Crippen molar-refractivity contribution in [1.82, 2.24) is 0 Å². The average molecular weight is 370 g/mol. The van der Waals surface area contributed by atoms with Crippen molar-refractivity contribution in [3.63, 3.8) is 0 Å². The van der Waals surface area contributed by atoms with Crippen LogP contribution in [-0.4, -0.2) is 31.4 Å². The molecule has 1 aliphatic rings. The molecule has 2 aromatic rings. The van der Waals surface area contributed by atoms with Gasteiger partial charge in [-0.1, -0.05) is 13.3 Å². The molecule has 1 amide bonds. The van der Waals surface area contributed by atoms with Gasteiger partial charge in [-0.05, 0) is 48.9 Å². The molecule has 0 aliphatic carbocycles. The number of carbonyl (C=O) groups is 2. The normalized spacial score (nSPS) is 13.7. The van der Waals surface area contributed by atoms with E-state index in [0.29, 0.717) is 36.5 Å². The number of anilines is 2. The van der Waals surface area contributed by atoms with E-state index in [2.05, 4.69) is 12.2 Å². The molecule has 0 atom stereocenters. The van der Waals surface area contributed by atoms with Gasteiger partial charge in [0.15, 0.2) is 5.78 Å². The number of nitrogens with zero attached hydrogens (tertiary/aromatic N) is 1. The molecule has 1 saturated heterocycles. The zero-order valence-electron chi connectivity index (χ0n) is 15.3. The predicted molar refractivity (Wildman–Crippen MR) is 103 cm³/mol. The summed E-state index contributed by atoms with van der Waals surface area (Å²) in [6.45, 7) is 3.50. The van der Waals surface area contributed by atoms with Crippen LogP contribution in [0.3, 0.4) is 0 Å². The molecule has 1 heterocycles. The fraction of sp³-hybridized carbons (Fsp3) is 0.333. The third-order valence-electron chi connectivity index (χ3n) is 4.46. The number of nitrogens with one attached hydrogen (secondary N) is 1. The summed E-state index contributed by atoms with van der Waals surface area (Å²) in [7, 11) is 0. The number of carbonyl (C=O) groups excluding carboxylic acids is 2. The summed E-state index contributed by atoms with van der Waals surface area (Å²) in [6, 6.07) is 11.4. The van der Waals surface area contributed by atoms with Gasteiger partial charge in [0.2, 0.25) is 0 Å². The number of ether oxygens (including phenoxy) is 1. The summed E-state index contributed by atoms with van der Waals surface area (Å²) < 4.78 is 19.9. The van der Waals surface area contributed by atoms with Gasteiger partial charge in [-0.25, -0.2) is 4.39 Å². The Hall–Kier alpha value is -2.89. The maximum Gasteiger partial charge on any atom is 0.255 e. The molecular formula is C21H23FN2O3. The van der Waals surface area contributed by atoms with E-state index in [1.165, 1.54) is 6.07 Å². The highest BCUT2D eigenvalue weighted by molar-refractivity contribution is 6.04. The van der Waals surface area contributed by atoms with E-state index in [1.807, 2.05) is 0 Å². The van der Waals surface area contributed by atoms with Gasteiger partial charge in [-0.2, -0.15) is 0 Å². The molecule has 1 N–H and O–H groups in total. The lowest BCUT2D eigenvalue weighted by Crippen LogP contribution is -2.21. The van der Waals surface area contributed by atoms with Gasteiger partial charge in [0, 0.05) is 24.2 Å². The van der Waals surface area contributed by atoms with E-state index in [4.69, 9.17) is 4.74 Å². The third kappa shape index (κ3) is 4.84. The monoisotopic (exact) mass is 370 g/mol. The molecule has 0 spiro atoms. The topological polar surface area (TPSA) is 58.6 Å². The Morgan fingerprint density at radius 1 is 1.22 bits per heavy atom. The van der Waals surface area contributed by atoms with Crippen LogP contribution in [0.15, 0.2) is 42.5 Å². The second-order valence-corrected chi connectivity index (χ2v) is 6.56. The number of Topliss-reactive ketones (excluding diaryl/α,β-unsaturated/α-hetero) is 1. The summed E-state index contributed by atoms with van der Waals surface area (Å²) in [5.74, 6) is 0.0465. The molecule has 1 aliphatic heterocycles. The minimum absolute atomic E-state index is 0.105. The zero-order chi connectivity index (χ0) is 19.2. The molecule has 1 fully saturated rings. The largest absolute Gasteiger partial charge is 0.494 e. The van der Waals surface area contributed by atoms with Crippen LogP contribution in [0, 0.1) is 5.82 Å². The van der Waals surface area contributed by atoms with E-state index in [9.17, 15) is 14.0 Å². The molecule has 5 nitrogen and oxygen atoms in total. The Kier molecular flexibility index (Phi) is 6.06. The van der Waals surface area contributed by atoms with Crippen molar-refractivity contribution < 1.29 is 18.7 Å². The number of halogens is 1. The van der Waals surface area contributed by atoms with Crippen molar-refractivity contribution in [3.05, 3.63) is 53.8 Å². The molecule has 0 radical (unpaired) electrons. The first-order valence-corrected chi connectivity index (χ1v) is 9.17. The van der Waals surface area contributed by atoms with Gasteiger partial charge in [-0.15, -0.1) is 0 Å². The van der Waals surface area contributed by atoms with Gasteiger partial charge in [0.25, 0.3) is 5.91 Å². The van der Waals surface area contributed by atoms with Crippen molar-refractivity contribution in [2.45, 2.75) is 26.2 Å². The van der Waals surface area contributed by atoms with Crippen molar-refractivity contribution in [3.8, 4) is 5.75 Å². The first kappa shape index (κ1) is 18.9. The minimum Gasteiger partial charge on any atom is -0.494 e. The van der Waals surface area contributed by atoms with Crippen molar-refractivity contribution in [1.29, 1.82) is 0 Å². The SMILES string of the molecule is CCCCOc1ccc(C(=O)Nc2ccc(N3CCC(=O)C3)c(F)c2)cc1. The number of hydrogen-bond acceptors (Lipinski definition) is 4. The molecule has 0 unspecified atom stereocenters. The highest BCUT2D eigenvalue weighted by Gasteiger charge is 2.22. The molecule has 0 aromatic heterocycles. The maximum absolute atomic E-state index is 14.4. The van der Waals surface area contributed by atoms with Crippen LogP contribution in [0.4, 0.5) is 15.8 Å². The van der Waals surface area contributed by atoms with Crippen LogP contribution in [0.25, 0.3) is 0 Å². The average Bonchev–Trinajstić information content (AvgIpc) is 3.08. The number of ketones is 1. The Bertz CT molecular complexity index is 821. The van der Waals surface area contributed by atoms with Crippen LogP contribution in [0.5, 0.6) is 5.75 Å². The Balaban J connectivity index is 1.62. The summed E-state index contributed by atoms with van der Waals surface area (Å²) >= 11 is 0. The Labute approximate surface area is 158 Å². The number of hydrogen-bond donors (Lipinski definition) is 1. The van der Waals surface area contributed by atoms with E-state index in [1.54, 1.807) is 41.3 Å².